The Balaban J connectivity index is 2.22. The van der Waals surface area contributed by atoms with Crippen molar-refractivity contribution in [3.63, 3.8) is 0 Å². The summed E-state index contributed by atoms with van der Waals surface area (Å²) >= 11 is 0. The summed E-state index contributed by atoms with van der Waals surface area (Å²) in [5.41, 5.74) is 2.85. The van der Waals surface area contributed by atoms with Gasteiger partial charge in [0.05, 0.1) is 0 Å². The molecule has 1 aliphatic rings. The first-order chi connectivity index (χ1) is 13.3. The van der Waals surface area contributed by atoms with E-state index >= 15 is 0 Å². The van der Waals surface area contributed by atoms with Crippen LogP contribution in [-0.2, 0) is 20.9 Å². The van der Waals surface area contributed by atoms with E-state index in [2.05, 4.69) is 19.2 Å². The molecule has 6 nitrogen and oxygen atoms in total. The van der Waals surface area contributed by atoms with E-state index in [1.807, 2.05) is 42.1 Å². The van der Waals surface area contributed by atoms with Crippen molar-refractivity contribution < 1.29 is 14.3 Å². The maximum Gasteiger partial charge on any atom is 0.248 e. The third-order valence-corrected chi connectivity index (χ3v) is 5.12. The number of benzene rings is 1. The Morgan fingerprint density at radius 1 is 1.21 bits per heavy atom. The molecule has 2 rings (SSSR count). The largest absolute Gasteiger partial charge is 0.377 e. The molecule has 0 heterocycles. The van der Waals surface area contributed by atoms with Crippen LogP contribution in [0.5, 0.6) is 0 Å². The molecule has 1 N–H and O–H groups in total. The molecule has 28 heavy (non-hydrogen) atoms. The van der Waals surface area contributed by atoms with E-state index in [1.54, 1.807) is 0 Å². The number of hydrogen-bond donors (Lipinski definition) is 1. The van der Waals surface area contributed by atoms with Crippen LogP contribution in [0.1, 0.15) is 45.1 Å². The van der Waals surface area contributed by atoms with E-state index in [-0.39, 0.29) is 24.3 Å². The normalized spacial score (nSPS) is 14.4. The second-order valence-electron chi connectivity index (χ2n) is 8.31. The topological polar surface area (TPSA) is 61.9 Å². The molecule has 0 atom stereocenters. The highest BCUT2D eigenvalue weighted by Crippen LogP contribution is 2.28. The Bertz CT molecular complexity index is 667. The van der Waals surface area contributed by atoms with Crippen molar-refractivity contribution in [3.05, 3.63) is 23.8 Å². The minimum absolute atomic E-state index is 0.0266. The lowest BCUT2D eigenvalue weighted by Crippen LogP contribution is -2.36. The van der Waals surface area contributed by atoms with E-state index in [1.165, 1.54) is 7.11 Å². The summed E-state index contributed by atoms with van der Waals surface area (Å²) in [4.78, 5) is 28.9. The number of carbonyl (C=O) groups is 2. The number of nitrogens with one attached hydrogen (secondary N) is 1. The van der Waals surface area contributed by atoms with Crippen molar-refractivity contribution in [2.24, 2.45) is 11.8 Å². The second-order valence-corrected chi connectivity index (χ2v) is 8.31. The first kappa shape index (κ1) is 22.2. The summed E-state index contributed by atoms with van der Waals surface area (Å²) in [5, 5.41) is 3.07. The molecule has 2 amide bonds. The molecular weight excluding hydrogens is 354 g/mol. The third-order valence-electron chi connectivity index (χ3n) is 5.12. The lowest BCUT2D eigenvalue weighted by atomic mass is 10.1. The molecule has 1 fully saturated rings. The number of methoxy groups -OCH3 is 1. The number of anilines is 2. The third kappa shape index (κ3) is 6.23. The fourth-order valence-corrected chi connectivity index (χ4v) is 3.77. The van der Waals surface area contributed by atoms with Crippen LogP contribution in [0.3, 0.4) is 0 Å². The molecule has 1 saturated carbocycles. The standard InChI is InChI=1S/C22H35N3O3/c1-16(2)13-25(21(26)15-28-5)14-18-12-19(10-11-20(18)24(3)4)23-22(27)17-8-6-7-9-17/h10-12,16-17H,6-9,13-15H2,1-5H3,(H,23,27). The van der Waals surface area contributed by atoms with Gasteiger partial charge in [-0.1, -0.05) is 26.7 Å². The highest BCUT2D eigenvalue weighted by molar-refractivity contribution is 5.93. The number of amides is 2. The highest BCUT2D eigenvalue weighted by Gasteiger charge is 2.23. The van der Waals surface area contributed by atoms with Crippen molar-refractivity contribution in [1.29, 1.82) is 0 Å². The molecule has 1 aliphatic carbocycles. The summed E-state index contributed by atoms with van der Waals surface area (Å²) in [6, 6.07) is 5.94. The molecule has 0 spiro atoms. The van der Waals surface area contributed by atoms with Crippen molar-refractivity contribution in [2.75, 3.05) is 44.6 Å². The first-order valence-electron chi connectivity index (χ1n) is 10.2. The zero-order valence-electron chi connectivity index (χ0n) is 18.0. The van der Waals surface area contributed by atoms with Crippen molar-refractivity contribution >= 4 is 23.2 Å². The van der Waals surface area contributed by atoms with Crippen LogP contribution >= 0.6 is 0 Å². The van der Waals surface area contributed by atoms with Crippen LogP contribution in [0.15, 0.2) is 18.2 Å². The zero-order chi connectivity index (χ0) is 20.7. The molecule has 0 saturated heterocycles. The van der Waals surface area contributed by atoms with Gasteiger partial charge >= 0.3 is 0 Å². The van der Waals surface area contributed by atoms with Gasteiger partial charge in [-0.25, -0.2) is 0 Å². The predicted octanol–water partition coefficient (Wildman–Crippen LogP) is 3.51. The number of ether oxygens (including phenoxy) is 1. The summed E-state index contributed by atoms with van der Waals surface area (Å²) in [6.45, 7) is 5.41. The Morgan fingerprint density at radius 2 is 1.89 bits per heavy atom. The van der Waals surface area contributed by atoms with Gasteiger partial charge in [-0.05, 0) is 42.5 Å². The maximum absolute atomic E-state index is 12.5. The van der Waals surface area contributed by atoms with Gasteiger partial charge in [0.2, 0.25) is 11.8 Å². The van der Waals surface area contributed by atoms with Crippen LogP contribution in [0.4, 0.5) is 11.4 Å². The Labute approximate surface area is 169 Å². The number of carbonyl (C=O) groups excluding carboxylic acids is 2. The monoisotopic (exact) mass is 389 g/mol. The van der Waals surface area contributed by atoms with E-state index in [0.29, 0.717) is 19.0 Å². The van der Waals surface area contributed by atoms with Gasteiger partial charge in [0.1, 0.15) is 6.61 Å². The van der Waals surface area contributed by atoms with Gasteiger partial charge in [0.25, 0.3) is 0 Å². The van der Waals surface area contributed by atoms with Gasteiger partial charge < -0.3 is 19.9 Å². The first-order valence-corrected chi connectivity index (χ1v) is 10.2. The SMILES string of the molecule is COCC(=O)N(Cc1cc(NC(=O)C2CCCC2)ccc1N(C)C)CC(C)C. The fraction of sp³-hybridized carbons (Fsp3) is 0.636. The molecule has 0 radical (unpaired) electrons. The molecule has 1 aromatic carbocycles. The molecule has 6 heteroatoms. The highest BCUT2D eigenvalue weighted by atomic mass is 16.5. The number of rotatable bonds is 9. The Kier molecular flexibility index (Phi) is 8.30. The van der Waals surface area contributed by atoms with Crippen molar-refractivity contribution in [3.8, 4) is 0 Å². The van der Waals surface area contributed by atoms with Crippen LogP contribution in [0, 0.1) is 11.8 Å². The lowest BCUT2D eigenvalue weighted by molar-refractivity contribution is -0.136. The summed E-state index contributed by atoms with van der Waals surface area (Å²) in [5.74, 6) is 0.559. The summed E-state index contributed by atoms with van der Waals surface area (Å²) < 4.78 is 5.06. The molecule has 0 bridgehead atoms. The minimum Gasteiger partial charge on any atom is -0.377 e. The minimum atomic E-state index is -0.0266. The number of nitrogens with zero attached hydrogens (tertiary/aromatic N) is 2. The van der Waals surface area contributed by atoms with Crippen molar-refractivity contribution in [1.82, 2.24) is 4.90 Å². The average molecular weight is 390 g/mol. The molecule has 156 valence electrons. The maximum atomic E-state index is 12.5. The summed E-state index contributed by atoms with van der Waals surface area (Å²) in [6.07, 6.45) is 4.22. The van der Waals surface area contributed by atoms with Crippen LogP contribution in [0.25, 0.3) is 0 Å². The van der Waals surface area contributed by atoms with E-state index in [9.17, 15) is 9.59 Å². The van der Waals surface area contributed by atoms with Gasteiger partial charge in [-0.2, -0.15) is 0 Å². The predicted molar refractivity (Wildman–Crippen MR) is 113 cm³/mol. The van der Waals surface area contributed by atoms with Crippen LogP contribution in [-0.4, -0.2) is 51.1 Å². The van der Waals surface area contributed by atoms with Crippen molar-refractivity contribution in [2.45, 2.75) is 46.1 Å². The Hall–Kier alpha value is -2.08. The quantitative estimate of drug-likeness (QED) is 0.702. The van der Waals surface area contributed by atoms with Gasteiger partial charge in [-0.3, -0.25) is 9.59 Å². The molecule has 1 aromatic rings. The number of hydrogen-bond acceptors (Lipinski definition) is 4. The zero-order valence-corrected chi connectivity index (χ0v) is 18.0. The van der Waals surface area contributed by atoms with Gasteiger partial charge in [-0.15, -0.1) is 0 Å². The fourth-order valence-electron chi connectivity index (χ4n) is 3.77. The Morgan fingerprint density at radius 3 is 2.46 bits per heavy atom. The van der Waals surface area contributed by atoms with Gasteiger partial charge in [0.15, 0.2) is 0 Å². The van der Waals surface area contributed by atoms with E-state index in [4.69, 9.17) is 4.74 Å². The summed E-state index contributed by atoms with van der Waals surface area (Å²) in [7, 11) is 5.51. The van der Waals surface area contributed by atoms with Crippen LogP contribution < -0.4 is 10.2 Å². The second kappa shape index (κ2) is 10.5. The smallest absolute Gasteiger partial charge is 0.248 e. The van der Waals surface area contributed by atoms with E-state index in [0.717, 1.165) is 42.6 Å². The van der Waals surface area contributed by atoms with Gasteiger partial charge in [0, 0.05) is 51.6 Å². The molecule has 0 unspecified atom stereocenters. The molecule has 0 aromatic heterocycles. The van der Waals surface area contributed by atoms with Crippen LogP contribution in [0.2, 0.25) is 0 Å². The molecule has 0 aliphatic heterocycles. The van der Waals surface area contributed by atoms with E-state index < -0.39 is 0 Å². The molecular formula is C22H35N3O3. The lowest BCUT2D eigenvalue weighted by Gasteiger charge is -2.27. The average Bonchev–Trinajstić information content (AvgIpc) is 3.15.